The van der Waals surface area contributed by atoms with Gasteiger partial charge in [0.1, 0.15) is 12.3 Å². The maximum absolute atomic E-state index is 11.7. The Morgan fingerprint density at radius 1 is 0.939 bits per heavy atom. The average Bonchev–Trinajstić information content (AvgIpc) is 3.02. The van der Waals surface area contributed by atoms with E-state index < -0.39 is 17.2 Å². The van der Waals surface area contributed by atoms with Crippen molar-refractivity contribution < 1.29 is 15.0 Å². The van der Waals surface area contributed by atoms with Crippen molar-refractivity contribution in [2.24, 2.45) is 0 Å². The number of carboxylic acids is 1. The van der Waals surface area contributed by atoms with Gasteiger partial charge in [-0.1, -0.05) is 60.7 Å². The van der Waals surface area contributed by atoms with Crippen LogP contribution in [0, 0.1) is 0 Å². The summed E-state index contributed by atoms with van der Waals surface area (Å²) in [7, 11) is 0. The summed E-state index contributed by atoms with van der Waals surface area (Å²) in [5.74, 6) is -0.922. The molecule has 1 unspecified atom stereocenters. The molecule has 0 bridgehead atoms. The van der Waals surface area contributed by atoms with Gasteiger partial charge in [-0.15, -0.1) is 0 Å². The maximum atomic E-state index is 11.7. The molecule has 0 amide bonds. The van der Waals surface area contributed by atoms with Crippen molar-refractivity contribution in [3.05, 3.63) is 78.4 Å². The first-order valence-electron chi connectivity index (χ1n) is 11.6. The summed E-state index contributed by atoms with van der Waals surface area (Å²) in [6, 6.07) is 25.0. The van der Waals surface area contributed by atoms with Crippen LogP contribution in [0.15, 0.2) is 72.8 Å². The molecule has 6 nitrogen and oxygen atoms in total. The lowest BCUT2D eigenvalue weighted by molar-refractivity contribution is -0.152. The van der Waals surface area contributed by atoms with E-state index in [-0.39, 0.29) is 6.54 Å². The third kappa shape index (κ3) is 3.78. The fourth-order valence-corrected chi connectivity index (χ4v) is 5.79. The van der Waals surface area contributed by atoms with E-state index in [1.165, 1.54) is 16.3 Å². The second-order valence-corrected chi connectivity index (χ2v) is 9.46. The van der Waals surface area contributed by atoms with Gasteiger partial charge in [-0.3, -0.25) is 9.69 Å². The highest BCUT2D eigenvalue weighted by Gasteiger charge is 2.61. The van der Waals surface area contributed by atoms with Crippen molar-refractivity contribution in [1.82, 2.24) is 9.80 Å². The van der Waals surface area contributed by atoms with Crippen molar-refractivity contribution in [3.63, 3.8) is 0 Å². The van der Waals surface area contributed by atoms with E-state index in [0.29, 0.717) is 6.67 Å². The Morgan fingerprint density at radius 3 is 2.33 bits per heavy atom. The summed E-state index contributed by atoms with van der Waals surface area (Å²) in [5, 5.41) is 23.7. The van der Waals surface area contributed by atoms with Crippen LogP contribution in [0.25, 0.3) is 10.8 Å². The Bertz CT molecular complexity index is 1130. The first-order chi connectivity index (χ1) is 15.9. The number of hydrogen-bond acceptors (Lipinski definition) is 5. The second kappa shape index (κ2) is 8.45. The van der Waals surface area contributed by atoms with Crippen LogP contribution in [0.3, 0.4) is 0 Å². The van der Waals surface area contributed by atoms with Crippen LogP contribution in [0.2, 0.25) is 0 Å². The van der Waals surface area contributed by atoms with Crippen molar-refractivity contribution in [2.45, 2.75) is 37.6 Å². The second-order valence-electron chi connectivity index (χ2n) is 9.46. The third-order valence-electron chi connectivity index (χ3n) is 7.68. The summed E-state index contributed by atoms with van der Waals surface area (Å²) in [4.78, 5) is 17.9. The van der Waals surface area contributed by atoms with Crippen LogP contribution >= 0.6 is 0 Å². The number of aliphatic hydroxyl groups is 1. The molecule has 33 heavy (non-hydrogen) atoms. The highest BCUT2D eigenvalue weighted by atomic mass is 16.4. The molecule has 0 radical (unpaired) electrons. The van der Waals surface area contributed by atoms with Gasteiger partial charge in [0.25, 0.3) is 0 Å². The van der Waals surface area contributed by atoms with E-state index >= 15 is 0 Å². The zero-order chi connectivity index (χ0) is 23.1. The molecule has 2 N–H and O–H groups in total. The molecule has 2 aliphatic heterocycles. The number of nitrogens with zero attached hydrogens (tertiary/aromatic N) is 3. The molecular weight excluding hydrogens is 414 g/mol. The van der Waals surface area contributed by atoms with Gasteiger partial charge >= 0.3 is 5.97 Å². The largest absolute Gasteiger partial charge is 0.480 e. The summed E-state index contributed by atoms with van der Waals surface area (Å²) < 4.78 is 0. The van der Waals surface area contributed by atoms with Gasteiger partial charge in [0.15, 0.2) is 0 Å². The Hall–Kier alpha value is -2.93. The lowest BCUT2D eigenvalue weighted by Crippen LogP contribution is -2.64. The highest BCUT2D eigenvalue weighted by molar-refractivity contribution is 5.85. The van der Waals surface area contributed by atoms with Crippen molar-refractivity contribution in [2.75, 3.05) is 31.2 Å². The normalized spacial score (nSPS) is 23.4. The van der Waals surface area contributed by atoms with Crippen LogP contribution in [0.5, 0.6) is 0 Å². The van der Waals surface area contributed by atoms with E-state index in [0.717, 1.165) is 38.2 Å². The molecule has 0 aliphatic carbocycles. The minimum Gasteiger partial charge on any atom is -0.480 e. The number of likely N-dealkylation sites (tertiary alicyclic amines) is 1. The van der Waals surface area contributed by atoms with Crippen LogP contribution in [-0.2, 0) is 11.3 Å². The molecule has 0 aromatic heterocycles. The molecule has 0 saturated carbocycles. The number of anilines is 1. The lowest BCUT2D eigenvalue weighted by atomic mass is 9.77. The Morgan fingerprint density at radius 2 is 1.61 bits per heavy atom. The number of aliphatic carboxylic acids is 1. The standard InChI is InChI=1S/C27H31N3O3/c1-26(33)27(30(20-29(26)19-25(31)32)23-11-3-2-4-12-23)14-16-28(17-15-27)18-22-10-7-9-21-8-5-6-13-24(21)22/h2-13,33H,14-20H2,1H3,(H,31,32). The molecule has 6 heteroatoms. The van der Waals surface area contributed by atoms with E-state index in [4.69, 9.17) is 0 Å². The number of hydrogen-bond donors (Lipinski definition) is 2. The number of piperidine rings is 1. The number of carbonyl (C=O) groups is 1. The number of rotatable bonds is 5. The molecule has 1 spiro atoms. The smallest absolute Gasteiger partial charge is 0.317 e. The topological polar surface area (TPSA) is 67.2 Å². The van der Waals surface area contributed by atoms with Crippen molar-refractivity contribution in [3.8, 4) is 0 Å². The number of fused-ring (bicyclic) bond motifs is 1. The Balaban J connectivity index is 1.41. The molecule has 172 valence electrons. The monoisotopic (exact) mass is 445 g/mol. The lowest BCUT2D eigenvalue weighted by Gasteiger charge is -2.51. The number of carboxylic acid groups (broad SMARTS) is 1. The van der Waals surface area contributed by atoms with E-state index in [1.54, 1.807) is 11.8 Å². The number of benzene rings is 3. The minimum atomic E-state index is -1.24. The predicted octanol–water partition coefficient (Wildman–Crippen LogP) is 3.75. The Labute approximate surface area is 194 Å². The quantitative estimate of drug-likeness (QED) is 0.624. The van der Waals surface area contributed by atoms with Crippen molar-refractivity contribution >= 4 is 22.4 Å². The fourth-order valence-electron chi connectivity index (χ4n) is 5.79. The third-order valence-corrected chi connectivity index (χ3v) is 7.68. The number of para-hydroxylation sites is 1. The highest BCUT2D eigenvalue weighted by Crippen LogP contribution is 2.47. The SMILES string of the molecule is CC1(O)N(CC(=O)O)CN(c2ccccc2)C12CCN(Cc1cccc3ccccc13)CC2. The van der Waals surface area contributed by atoms with Crippen LogP contribution < -0.4 is 4.90 Å². The molecule has 2 fully saturated rings. The zero-order valence-electron chi connectivity index (χ0n) is 19.0. The summed E-state index contributed by atoms with van der Waals surface area (Å²) >= 11 is 0. The summed E-state index contributed by atoms with van der Waals surface area (Å²) in [6.07, 6.45) is 1.52. The average molecular weight is 446 g/mol. The molecule has 3 aromatic carbocycles. The Kier molecular flexibility index (Phi) is 5.60. The molecule has 2 aliphatic rings. The summed E-state index contributed by atoms with van der Waals surface area (Å²) in [5.41, 5.74) is 0.550. The summed E-state index contributed by atoms with van der Waals surface area (Å²) in [6.45, 7) is 4.54. The fraction of sp³-hybridized carbons (Fsp3) is 0.370. The van der Waals surface area contributed by atoms with Crippen LogP contribution in [0.4, 0.5) is 5.69 Å². The van der Waals surface area contributed by atoms with Crippen molar-refractivity contribution in [1.29, 1.82) is 0 Å². The van der Waals surface area contributed by atoms with Gasteiger partial charge in [0, 0.05) is 25.3 Å². The van der Waals surface area contributed by atoms with E-state index in [2.05, 4.69) is 52.3 Å². The van der Waals surface area contributed by atoms with Gasteiger partial charge in [-0.05, 0) is 48.2 Å². The van der Waals surface area contributed by atoms with Gasteiger partial charge in [-0.2, -0.15) is 0 Å². The first-order valence-corrected chi connectivity index (χ1v) is 11.6. The van der Waals surface area contributed by atoms with Gasteiger partial charge in [0.05, 0.1) is 12.2 Å². The molecule has 1 atom stereocenters. The van der Waals surface area contributed by atoms with Crippen LogP contribution in [0.1, 0.15) is 25.3 Å². The molecule has 3 aromatic rings. The minimum absolute atomic E-state index is 0.183. The predicted molar refractivity (Wildman–Crippen MR) is 130 cm³/mol. The van der Waals surface area contributed by atoms with Gasteiger partial charge in [-0.25, -0.2) is 4.90 Å². The first kappa shape index (κ1) is 21.9. The van der Waals surface area contributed by atoms with E-state index in [1.807, 2.05) is 30.3 Å². The zero-order valence-corrected chi connectivity index (χ0v) is 19.0. The van der Waals surface area contributed by atoms with Gasteiger partial charge in [0.2, 0.25) is 0 Å². The van der Waals surface area contributed by atoms with E-state index in [9.17, 15) is 15.0 Å². The maximum Gasteiger partial charge on any atom is 0.317 e. The molecule has 2 heterocycles. The molecule has 5 rings (SSSR count). The molecule has 2 saturated heterocycles. The van der Waals surface area contributed by atoms with Crippen LogP contribution in [-0.4, -0.2) is 63.5 Å². The molecular formula is C27H31N3O3. The van der Waals surface area contributed by atoms with Gasteiger partial charge < -0.3 is 15.1 Å².